The summed E-state index contributed by atoms with van der Waals surface area (Å²) in [5.41, 5.74) is 2.16. The highest BCUT2D eigenvalue weighted by Crippen LogP contribution is 2.20. The van der Waals surface area contributed by atoms with Crippen LogP contribution < -0.4 is 5.32 Å². The van der Waals surface area contributed by atoms with Crippen molar-refractivity contribution in [1.29, 1.82) is 0 Å². The summed E-state index contributed by atoms with van der Waals surface area (Å²) in [7, 11) is 0. The van der Waals surface area contributed by atoms with Crippen LogP contribution in [-0.2, 0) is 9.53 Å². The van der Waals surface area contributed by atoms with E-state index in [2.05, 4.69) is 10.3 Å². The first-order chi connectivity index (χ1) is 10.2. The van der Waals surface area contributed by atoms with E-state index >= 15 is 0 Å². The van der Waals surface area contributed by atoms with Gasteiger partial charge in [-0.2, -0.15) is 0 Å². The minimum Gasteiger partial charge on any atom is -0.462 e. The third kappa shape index (κ3) is 4.68. The van der Waals surface area contributed by atoms with Gasteiger partial charge >= 0.3 is 5.97 Å². The van der Waals surface area contributed by atoms with Crippen molar-refractivity contribution in [2.45, 2.75) is 26.0 Å². The number of ether oxygens (including phenoxy) is 1. The molecule has 0 spiro atoms. The second-order valence-electron chi connectivity index (χ2n) is 5.04. The smallest absolute Gasteiger partial charge is 0.320 e. The van der Waals surface area contributed by atoms with Crippen molar-refractivity contribution in [3.8, 4) is 0 Å². The van der Waals surface area contributed by atoms with Crippen molar-refractivity contribution in [2.24, 2.45) is 0 Å². The number of nitrogens with zero attached hydrogens (tertiary/aromatic N) is 1. The second kappa shape index (κ2) is 7.55. The molecule has 0 aliphatic heterocycles. The summed E-state index contributed by atoms with van der Waals surface area (Å²) in [5.74, 6) is -0.250. The molecule has 1 atom stereocenters. The topological polar surface area (TPSA) is 51.2 Å². The lowest BCUT2D eigenvalue weighted by molar-refractivity contribution is -0.146. The summed E-state index contributed by atoms with van der Waals surface area (Å²) in [6.07, 6.45) is 3.40. The Balaban J connectivity index is 2.12. The van der Waals surface area contributed by atoms with Gasteiger partial charge in [0.1, 0.15) is 0 Å². The number of nitrogens with one attached hydrogen (secondary N) is 1. The van der Waals surface area contributed by atoms with Crippen molar-refractivity contribution in [1.82, 2.24) is 10.3 Å². The van der Waals surface area contributed by atoms with Crippen LogP contribution in [-0.4, -0.2) is 23.6 Å². The van der Waals surface area contributed by atoms with Gasteiger partial charge in [-0.15, -0.1) is 0 Å². The van der Waals surface area contributed by atoms with Crippen LogP contribution in [0, 0.1) is 0 Å². The van der Waals surface area contributed by atoms with E-state index in [1.54, 1.807) is 12.4 Å². The van der Waals surface area contributed by atoms with Gasteiger partial charge in [0.2, 0.25) is 0 Å². The molecule has 2 rings (SSSR count). The molecule has 1 heterocycles. The van der Waals surface area contributed by atoms with Gasteiger partial charge in [-0.3, -0.25) is 15.1 Å². The van der Waals surface area contributed by atoms with E-state index in [-0.39, 0.29) is 24.7 Å². The number of esters is 1. The normalized spacial score (nSPS) is 12.1. The molecule has 4 nitrogen and oxygen atoms in total. The lowest BCUT2D eigenvalue weighted by atomic mass is 10.00. The second-order valence-corrected chi connectivity index (χ2v) is 5.04. The molecular weight excluding hydrogens is 264 g/mol. The predicted molar refractivity (Wildman–Crippen MR) is 81.8 cm³/mol. The molecule has 4 heteroatoms. The number of carbonyl (C=O) groups excluding carboxylic acids is 1. The fourth-order valence-electron chi connectivity index (χ4n) is 2.12. The van der Waals surface area contributed by atoms with Gasteiger partial charge in [-0.25, -0.2) is 0 Å². The van der Waals surface area contributed by atoms with E-state index < -0.39 is 0 Å². The fraction of sp³-hybridized carbons (Fsp3) is 0.294. The van der Waals surface area contributed by atoms with E-state index in [0.29, 0.717) is 0 Å². The number of rotatable bonds is 6. The predicted octanol–water partition coefficient (Wildman–Crippen LogP) is 2.71. The first-order valence-corrected chi connectivity index (χ1v) is 7.04. The first-order valence-electron chi connectivity index (χ1n) is 7.04. The monoisotopic (exact) mass is 284 g/mol. The third-order valence-electron chi connectivity index (χ3n) is 2.99. The van der Waals surface area contributed by atoms with Crippen LogP contribution in [0.2, 0.25) is 0 Å². The van der Waals surface area contributed by atoms with Crippen molar-refractivity contribution >= 4 is 5.97 Å². The van der Waals surface area contributed by atoms with Gasteiger partial charge in [-0.1, -0.05) is 30.3 Å². The Kier molecular flexibility index (Phi) is 5.46. The SMILES string of the molecule is CC(C)OC(=O)CNC(c1ccccc1)c1ccncc1. The van der Waals surface area contributed by atoms with E-state index in [9.17, 15) is 4.79 Å². The molecule has 1 unspecified atom stereocenters. The molecule has 0 saturated heterocycles. The minimum absolute atomic E-state index is 0.0612. The molecule has 110 valence electrons. The average molecular weight is 284 g/mol. The standard InChI is InChI=1S/C17H20N2O2/c1-13(2)21-16(20)12-19-17(14-6-4-3-5-7-14)15-8-10-18-11-9-15/h3-11,13,17,19H,12H2,1-2H3. The largest absolute Gasteiger partial charge is 0.462 e. The average Bonchev–Trinajstić information content (AvgIpc) is 2.49. The van der Waals surface area contributed by atoms with Crippen LogP contribution in [0.25, 0.3) is 0 Å². The van der Waals surface area contributed by atoms with Gasteiger partial charge in [0, 0.05) is 12.4 Å². The zero-order valence-electron chi connectivity index (χ0n) is 12.3. The molecule has 0 saturated carbocycles. The van der Waals surface area contributed by atoms with Crippen LogP contribution >= 0.6 is 0 Å². The van der Waals surface area contributed by atoms with Gasteiger partial charge in [0.25, 0.3) is 0 Å². The van der Waals surface area contributed by atoms with Gasteiger partial charge in [0.05, 0.1) is 18.7 Å². The molecule has 1 aromatic carbocycles. The van der Waals surface area contributed by atoms with Crippen LogP contribution in [0.4, 0.5) is 0 Å². The quantitative estimate of drug-likeness (QED) is 0.829. The molecule has 0 amide bonds. The Labute approximate surface area is 125 Å². The zero-order valence-corrected chi connectivity index (χ0v) is 12.3. The third-order valence-corrected chi connectivity index (χ3v) is 2.99. The summed E-state index contributed by atoms with van der Waals surface area (Å²) in [6, 6.07) is 13.8. The lowest BCUT2D eigenvalue weighted by Crippen LogP contribution is -2.30. The maximum absolute atomic E-state index is 11.7. The molecule has 0 bridgehead atoms. The summed E-state index contributed by atoms with van der Waals surface area (Å²) in [4.78, 5) is 15.8. The maximum Gasteiger partial charge on any atom is 0.320 e. The van der Waals surface area contributed by atoms with Crippen LogP contribution in [0.5, 0.6) is 0 Å². The Hall–Kier alpha value is -2.20. The van der Waals surface area contributed by atoms with Crippen molar-refractivity contribution in [2.75, 3.05) is 6.54 Å². The minimum atomic E-state index is -0.250. The summed E-state index contributed by atoms with van der Waals surface area (Å²) in [5, 5.41) is 3.26. The molecule has 0 fully saturated rings. The summed E-state index contributed by atoms with van der Waals surface area (Å²) < 4.78 is 5.16. The van der Waals surface area contributed by atoms with Gasteiger partial charge in [-0.05, 0) is 37.1 Å². The molecule has 1 N–H and O–H groups in total. The highest BCUT2D eigenvalue weighted by molar-refractivity contribution is 5.72. The van der Waals surface area contributed by atoms with Crippen LogP contribution in [0.15, 0.2) is 54.9 Å². The molecule has 0 aliphatic rings. The maximum atomic E-state index is 11.7. The van der Waals surface area contributed by atoms with E-state index in [1.165, 1.54) is 0 Å². The van der Waals surface area contributed by atoms with Gasteiger partial charge < -0.3 is 4.74 Å². The number of hydrogen-bond donors (Lipinski definition) is 1. The van der Waals surface area contributed by atoms with Crippen molar-refractivity contribution in [3.05, 3.63) is 66.0 Å². The molecule has 2 aromatic rings. The van der Waals surface area contributed by atoms with Crippen molar-refractivity contribution in [3.63, 3.8) is 0 Å². The fourth-order valence-corrected chi connectivity index (χ4v) is 2.12. The van der Waals surface area contributed by atoms with E-state index in [4.69, 9.17) is 4.74 Å². The van der Waals surface area contributed by atoms with E-state index in [0.717, 1.165) is 11.1 Å². The molecule has 0 aliphatic carbocycles. The Morgan fingerprint density at radius 2 is 1.71 bits per heavy atom. The number of pyridine rings is 1. The molecule has 21 heavy (non-hydrogen) atoms. The Bertz CT molecular complexity index is 516. The molecule has 0 radical (unpaired) electrons. The summed E-state index contributed by atoms with van der Waals surface area (Å²) in [6.45, 7) is 3.85. The van der Waals surface area contributed by atoms with Crippen molar-refractivity contribution < 1.29 is 9.53 Å². The summed E-state index contributed by atoms with van der Waals surface area (Å²) >= 11 is 0. The van der Waals surface area contributed by atoms with Crippen LogP contribution in [0.3, 0.4) is 0 Å². The highest BCUT2D eigenvalue weighted by Gasteiger charge is 2.15. The molecule has 1 aromatic heterocycles. The number of hydrogen-bond acceptors (Lipinski definition) is 4. The number of benzene rings is 1. The van der Waals surface area contributed by atoms with E-state index in [1.807, 2.05) is 56.3 Å². The highest BCUT2D eigenvalue weighted by atomic mass is 16.5. The molecular formula is C17H20N2O2. The Morgan fingerprint density at radius 3 is 2.33 bits per heavy atom. The van der Waals surface area contributed by atoms with Gasteiger partial charge in [0.15, 0.2) is 0 Å². The lowest BCUT2D eigenvalue weighted by Gasteiger charge is -2.19. The number of carbonyl (C=O) groups is 1. The Morgan fingerprint density at radius 1 is 1.10 bits per heavy atom. The first kappa shape index (κ1) is 15.2. The zero-order chi connectivity index (χ0) is 15.1. The number of aromatic nitrogens is 1. The van der Waals surface area contributed by atoms with Crippen LogP contribution in [0.1, 0.15) is 31.0 Å².